The van der Waals surface area contributed by atoms with E-state index in [1.165, 1.54) is 6.07 Å². The molecule has 0 bridgehead atoms. The third-order valence-corrected chi connectivity index (χ3v) is 2.41. The standard InChI is InChI=1S/C10H8BrClF2O/c11-10(13,14)5-4-9(15)7-2-1-3-8(12)6-7/h1-3,6H,4-5H2. The van der Waals surface area contributed by atoms with E-state index in [0.717, 1.165) is 0 Å². The molecule has 0 fully saturated rings. The molecular formula is C10H8BrClF2O. The normalized spacial score (nSPS) is 11.5. The number of hydrogen-bond acceptors (Lipinski definition) is 1. The SMILES string of the molecule is O=C(CCC(F)(F)Br)c1cccc(Cl)c1. The number of carbonyl (C=O) groups is 1. The number of hydrogen-bond donors (Lipinski definition) is 0. The van der Waals surface area contributed by atoms with Crippen molar-refractivity contribution in [2.75, 3.05) is 0 Å². The Bertz CT molecular complexity index is 363. The number of carbonyl (C=O) groups excluding carboxylic acids is 1. The Kier molecular flexibility index (Phi) is 4.22. The molecule has 0 spiro atoms. The van der Waals surface area contributed by atoms with Crippen molar-refractivity contribution in [2.24, 2.45) is 0 Å². The highest BCUT2D eigenvalue weighted by molar-refractivity contribution is 9.09. The zero-order valence-corrected chi connectivity index (χ0v) is 9.99. The van der Waals surface area contributed by atoms with E-state index in [9.17, 15) is 13.6 Å². The van der Waals surface area contributed by atoms with E-state index in [-0.39, 0.29) is 12.2 Å². The van der Waals surface area contributed by atoms with Gasteiger partial charge < -0.3 is 0 Å². The molecule has 0 amide bonds. The van der Waals surface area contributed by atoms with Gasteiger partial charge in [0.1, 0.15) is 0 Å². The van der Waals surface area contributed by atoms with Gasteiger partial charge in [0.25, 0.3) is 0 Å². The van der Waals surface area contributed by atoms with Crippen LogP contribution in [0.3, 0.4) is 0 Å². The van der Waals surface area contributed by atoms with E-state index in [0.29, 0.717) is 10.6 Å². The zero-order chi connectivity index (χ0) is 11.5. The second-order valence-electron chi connectivity index (χ2n) is 3.05. The van der Waals surface area contributed by atoms with Crippen molar-refractivity contribution in [1.29, 1.82) is 0 Å². The summed E-state index contributed by atoms with van der Waals surface area (Å²) in [5, 5.41) is 0.423. The lowest BCUT2D eigenvalue weighted by atomic mass is 10.1. The van der Waals surface area contributed by atoms with Gasteiger partial charge in [-0.15, -0.1) is 0 Å². The molecule has 1 rings (SSSR count). The van der Waals surface area contributed by atoms with Gasteiger partial charge in [-0.25, -0.2) is 0 Å². The molecule has 1 aromatic rings. The molecule has 82 valence electrons. The fourth-order valence-electron chi connectivity index (χ4n) is 1.06. The van der Waals surface area contributed by atoms with E-state index in [1.807, 2.05) is 0 Å². The Morgan fingerprint density at radius 3 is 2.67 bits per heavy atom. The summed E-state index contributed by atoms with van der Waals surface area (Å²) >= 11 is 7.85. The van der Waals surface area contributed by atoms with E-state index >= 15 is 0 Å². The van der Waals surface area contributed by atoms with Crippen LogP contribution in [0.4, 0.5) is 8.78 Å². The predicted octanol–water partition coefficient (Wildman–Crippen LogP) is 4.29. The third kappa shape index (κ3) is 4.71. The summed E-state index contributed by atoms with van der Waals surface area (Å²) in [5.41, 5.74) is 0.360. The monoisotopic (exact) mass is 296 g/mol. The average molecular weight is 298 g/mol. The van der Waals surface area contributed by atoms with Crippen LogP contribution in [0, 0.1) is 0 Å². The predicted molar refractivity (Wildman–Crippen MR) is 58.9 cm³/mol. The maximum Gasteiger partial charge on any atom is 0.301 e. The van der Waals surface area contributed by atoms with Gasteiger partial charge in [0.2, 0.25) is 0 Å². The molecule has 0 aliphatic carbocycles. The van der Waals surface area contributed by atoms with Crippen LogP contribution in [0.25, 0.3) is 0 Å². The van der Waals surface area contributed by atoms with Gasteiger partial charge in [0.05, 0.1) is 0 Å². The second kappa shape index (κ2) is 5.03. The lowest BCUT2D eigenvalue weighted by Crippen LogP contribution is -2.09. The molecule has 0 atom stereocenters. The first-order valence-corrected chi connectivity index (χ1v) is 5.41. The van der Waals surface area contributed by atoms with Crippen molar-refractivity contribution in [3.05, 3.63) is 34.9 Å². The summed E-state index contributed by atoms with van der Waals surface area (Å²) in [6.07, 6.45) is -0.725. The van der Waals surface area contributed by atoms with Gasteiger partial charge >= 0.3 is 4.83 Å². The molecule has 0 saturated heterocycles. The Morgan fingerprint density at radius 1 is 1.47 bits per heavy atom. The van der Waals surface area contributed by atoms with Crippen LogP contribution in [-0.2, 0) is 0 Å². The summed E-state index contributed by atoms with van der Waals surface area (Å²) in [4.78, 5) is 8.45. The number of alkyl halides is 3. The Morgan fingerprint density at radius 2 is 2.13 bits per heavy atom. The minimum atomic E-state index is -2.98. The van der Waals surface area contributed by atoms with Crippen molar-refractivity contribution in [2.45, 2.75) is 17.7 Å². The van der Waals surface area contributed by atoms with Crippen LogP contribution >= 0.6 is 27.5 Å². The topological polar surface area (TPSA) is 17.1 Å². The van der Waals surface area contributed by atoms with Crippen molar-refractivity contribution in [3.63, 3.8) is 0 Å². The minimum Gasteiger partial charge on any atom is -0.294 e. The van der Waals surface area contributed by atoms with Crippen molar-refractivity contribution in [3.8, 4) is 0 Å². The molecule has 0 aliphatic heterocycles. The number of ketones is 1. The fourth-order valence-corrected chi connectivity index (χ4v) is 1.45. The molecule has 15 heavy (non-hydrogen) atoms. The van der Waals surface area contributed by atoms with Gasteiger partial charge in [-0.3, -0.25) is 4.79 Å². The molecule has 0 heterocycles. The highest BCUT2D eigenvalue weighted by atomic mass is 79.9. The molecule has 0 aromatic heterocycles. The van der Waals surface area contributed by atoms with Gasteiger partial charge in [-0.1, -0.05) is 23.7 Å². The molecule has 0 saturated carbocycles. The van der Waals surface area contributed by atoms with Crippen LogP contribution in [-0.4, -0.2) is 10.6 Å². The van der Waals surface area contributed by atoms with Gasteiger partial charge in [-0.2, -0.15) is 8.78 Å². The average Bonchev–Trinajstić information content (AvgIpc) is 2.13. The van der Waals surface area contributed by atoms with Crippen molar-refractivity contribution < 1.29 is 13.6 Å². The Hall–Kier alpha value is -0.480. The molecular weight excluding hydrogens is 289 g/mol. The van der Waals surface area contributed by atoms with Crippen molar-refractivity contribution >= 4 is 33.3 Å². The molecule has 1 nitrogen and oxygen atoms in total. The molecule has 0 aliphatic rings. The summed E-state index contributed by atoms with van der Waals surface area (Å²) < 4.78 is 24.8. The second-order valence-corrected chi connectivity index (χ2v) is 4.65. The van der Waals surface area contributed by atoms with Gasteiger partial charge in [-0.05, 0) is 28.1 Å². The first-order chi connectivity index (χ1) is 6.88. The van der Waals surface area contributed by atoms with Crippen molar-refractivity contribution in [1.82, 2.24) is 0 Å². The van der Waals surface area contributed by atoms with E-state index in [2.05, 4.69) is 15.9 Å². The summed E-state index contributed by atoms with van der Waals surface area (Å²) in [6, 6.07) is 6.26. The van der Waals surface area contributed by atoms with Crippen LogP contribution in [0.1, 0.15) is 23.2 Å². The summed E-state index contributed by atoms with van der Waals surface area (Å²) in [6.45, 7) is 0. The van der Waals surface area contributed by atoms with Gasteiger partial charge in [0.15, 0.2) is 5.78 Å². The van der Waals surface area contributed by atoms with E-state index in [4.69, 9.17) is 11.6 Å². The van der Waals surface area contributed by atoms with Crippen LogP contribution in [0.15, 0.2) is 24.3 Å². The smallest absolute Gasteiger partial charge is 0.294 e. The largest absolute Gasteiger partial charge is 0.301 e. The number of Topliss-reactive ketones (excluding diaryl/α,β-unsaturated/α-hetero) is 1. The first-order valence-electron chi connectivity index (χ1n) is 4.24. The van der Waals surface area contributed by atoms with E-state index in [1.54, 1.807) is 18.2 Å². The number of rotatable bonds is 4. The lowest BCUT2D eigenvalue weighted by Gasteiger charge is -2.06. The Balaban J connectivity index is 2.62. The maximum absolute atomic E-state index is 12.4. The highest BCUT2D eigenvalue weighted by Gasteiger charge is 2.24. The Labute approximate surface area is 99.6 Å². The molecule has 0 radical (unpaired) electrons. The molecule has 5 heteroatoms. The maximum atomic E-state index is 12.4. The highest BCUT2D eigenvalue weighted by Crippen LogP contribution is 2.28. The fraction of sp³-hybridized carbons (Fsp3) is 0.300. The number of benzene rings is 1. The lowest BCUT2D eigenvalue weighted by molar-refractivity contribution is 0.0827. The number of halogens is 4. The van der Waals surface area contributed by atoms with Crippen LogP contribution in [0.5, 0.6) is 0 Å². The minimum absolute atomic E-state index is 0.210. The molecule has 1 aromatic carbocycles. The van der Waals surface area contributed by atoms with Crippen LogP contribution in [0.2, 0.25) is 5.02 Å². The molecule has 0 N–H and O–H groups in total. The third-order valence-electron chi connectivity index (χ3n) is 1.78. The van der Waals surface area contributed by atoms with Crippen LogP contribution < -0.4 is 0 Å². The molecule has 0 unspecified atom stereocenters. The van der Waals surface area contributed by atoms with E-state index < -0.39 is 11.3 Å². The van der Waals surface area contributed by atoms with Gasteiger partial charge in [0, 0.05) is 23.4 Å². The quantitative estimate of drug-likeness (QED) is 0.598. The summed E-state index contributed by atoms with van der Waals surface area (Å²) in [7, 11) is 0. The first kappa shape index (κ1) is 12.6. The zero-order valence-electron chi connectivity index (χ0n) is 7.64. The summed E-state index contributed by atoms with van der Waals surface area (Å²) in [5.74, 6) is -0.336.